The molecule has 1 saturated heterocycles. The van der Waals surface area contributed by atoms with Gasteiger partial charge in [-0.15, -0.1) is 0 Å². The average molecular weight is 372 g/mol. The zero-order valence-electron chi connectivity index (χ0n) is 15.1. The van der Waals surface area contributed by atoms with Crippen molar-refractivity contribution in [3.05, 3.63) is 35.1 Å². The smallest absolute Gasteiger partial charge is 0.465 e. The highest BCUT2D eigenvalue weighted by atomic mass is 19.3. The van der Waals surface area contributed by atoms with Gasteiger partial charge in [0.15, 0.2) is 0 Å². The van der Waals surface area contributed by atoms with Crippen LogP contribution in [0.5, 0.6) is 5.75 Å². The van der Waals surface area contributed by atoms with Gasteiger partial charge in [-0.25, -0.2) is 9.18 Å². The first-order chi connectivity index (χ1) is 11.9. The summed E-state index contributed by atoms with van der Waals surface area (Å²) in [6.07, 6.45) is 1.03. The topological polar surface area (TPSA) is 54.0 Å². The molecule has 9 heteroatoms. The highest BCUT2D eigenvalue weighted by Gasteiger charge is 2.53. The van der Waals surface area contributed by atoms with Gasteiger partial charge in [0.25, 0.3) is 0 Å². The van der Waals surface area contributed by atoms with Crippen molar-refractivity contribution >= 4 is 19.2 Å². The zero-order valence-corrected chi connectivity index (χ0v) is 15.1. The average Bonchev–Trinajstić information content (AvgIpc) is 2.73. The number of alkyl halides is 2. The Labute approximate surface area is 150 Å². The van der Waals surface area contributed by atoms with E-state index in [4.69, 9.17) is 9.31 Å². The van der Waals surface area contributed by atoms with Gasteiger partial charge < -0.3 is 18.8 Å². The Bertz CT molecular complexity index is 702. The summed E-state index contributed by atoms with van der Waals surface area (Å²) in [6, 6.07) is 3.54. The van der Waals surface area contributed by atoms with E-state index < -0.39 is 36.6 Å². The van der Waals surface area contributed by atoms with E-state index in [0.29, 0.717) is 0 Å². The molecule has 0 aliphatic carbocycles. The molecule has 1 heterocycles. The van der Waals surface area contributed by atoms with Crippen LogP contribution in [0, 0.1) is 0 Å². The minimum atomic E-state index is -3.09. The normalized spacial score (nSPS) is 19.0. The Morgan fingerprint density at radius 2 is 1.73 bits per heavy atom. The van der Waals surface area contributed by atoms with E-state index >= 15 is 0 Å². The molecular formula is C17H20BF3O5. The van der Waals surface area contributed by atoms with Gasteiger partial charge in [0.05, 0.1) is 23.9 Å². The molecule has 0 saturated carbocycles. The maximum Gasteiger partial charge on any atom is 0.525 e. The number of halogens is 3. The molecule has 5 nitrogen and oxygen atoms in total. The second-order valence-electron chi connectivity index (χ2n) is 6.78. The summed E-state index contributed by atoms with van der Waals surface area (Å²) in [5.41, 5.74) is -2.18. The third-order valence-electron chi connectivity index (χ3n) is 4.36. The van der Waals surface area contributed by atoms with Gasteiger partial charge >= 0.3 is 19.7 Å². The molecule has 0 amide bonds. The molecule has 0 unspecified atom stereocenters. The summed E-state index contributed by atoms with van der Waals surface area (Å²) in [7, 11) is -0.107. The predicted molar refractivity (Wildman–Crippen MR) is 89.6 cm³/mol. The lowest BCUT2D eigenvalue weighted by molar-refractivity contribution is -0.0499. The molecule has 142 valence electrons. The summed E-state index contributed by atoms with van der Waals surface area (Å²) in [5.74, 6) is -1.06. The standard InChI is InChI=1S/C17H20BF3O5/c1-16(2)17(3,4)26-18(25-16)13(19)8-10-6-11(14(22)23-5)9-12(7-10)24-15(20)21/h6-9,15H,1-5H3. The van der Waals surface area contributed by atoms with E-state index in [1.165, 1.54) is 12.1 Å². The Balaban J connectivity index is 2.35. The lowest BCUT2D eigenvalue weighted by atomic mass is 9.86. The van der Waals surface area contributed by atoms with Gasteiger partial charge in [-0.1, -0.05) is 0 Å². The second kappa shape index (κ2) is 7.32. The molecule has 0 bridgehead atoms. The second-order valence-corrected chi connectivity index (χ2v) is 6.78. The highest BCUT2D eigenvalue weighted by Crippen LogP contribution is 2.39. The van der Waals surface area contributed by atoms with Crippen molar-refractivity contribution in [1.29, 1.82) is 0 Å². The Hall–Kier alpha value is -2.00. The molecule has 0 N–H and O–H groups in total. The number of carbonyl (C=O) groups excluding carboxylic acids is 1. The fraction of sp³-hybridized carbons (Fsp3) is 0.471. The lowest BCUT2D eigenvalue weighted by Crippen LogP contribution is -2.41. The van der Waals surface area contributed by atoms with Crippen LogP contribution in [0.1, 0.15) is 43.6 Å². The maximum atomic E-state index is 14.6. The minimum Gasteiger partial charge on any atom is -0.465 e. The van der Waals surface area contributed by atoms with Gasteiger partial charge in [-0.2, -0.15) is 8.78 Å². The monoisotopic (exact) mass is 372 g/mol. The SMILES string of the molecule is COC(=O)c1cc(C=C(F)B2OC(C)(C)C(C)(C)O2)cc(OC(F)F)c1. The van der Waals surface area contributed by atoms with Crippen molar-refractivity contribution in [2.75, 3.05) is 7.11 Å². The van der Waals surface area contributed by atoms with Crippen LogP contribution < -0.4 is 4.74 Å². The van der Waals surface area contributed by atoms with Crippen LogP contribution in [0.3, 0.4) is 0 Å². The van der Waals surface area contributed by atoms with Gasteiger partial charge in [0.1, 0.15) is 11.5 Å². The summed E-state index contributed by atoms with van der Waals surface area (Å²) < 4.78 is 59.6. The molecule has 26 heavy (non-hydrogen) atoms. The highest BCUT2D eigenvalue weighted by molar-refractivity contribution is 6.54. The minimum absolute atomic E-state index is 0.0568. The predicted octanol–water partition coefficient (Wildman–Crippen LogP) is 4.02. The number of esters is 1. The third kappa shape index (κ3) is 4.39. The van der Waals surface area contributed by atoms with Crippen molar-refractivity contribution in [2.45, 2.75) is 45.5 Å². The molecule has 1 aromatic rings. The number of ether oxygens (including phenoxy) is 2. The van der Waals surface area contributed by atoms with Crippen molar-refractivity contribution in [3.63, 3.8) is 0 Å². The van der Waals surface area contributed by atoms with E-state index in [1.807, 2.05) is 0 Å². The number of hydrogen-bond acceptors (Lipinski definition) is 5. The van der Waals surface area contributed by atoms with Crippen LogP contribution in [0.4, 0.5) is 13.2 Å². The molecule has 1 aliphatic heterocycles. The fourth-order valence-electron chi connectivity index (χ4n) is 2.29. The van der Waals surface area contributed by atoms with Crippen LogP contribution in [0.15, 0.2) is 23.9 Å². The van der Waals surface area contributed by atoms with Gasteiger partial charge in [0, 0.05) is 0 Å². The molecule has 1 aliphatic rings. The Kier molecular flexibility index (Phi) is 5.72. The summed E-state index contributed by atoms with van der Waals surface area (Å²) in [6.45, 7) is 3.99. The third-order valence-corrected chi connectivity index (χ3v) is 4.36. The molecule has 0 radical (unpaired) electrons. The Morgan fingerprint density at radius 3 is 2.23 bits per heavy atom. The van der Waals surface area contributed by atoms with E-state index in [9.17, 15) is 18.0 Å². The first-order valence-electron chi connectivity index (χ1n) is 7.86. The van der Waals surface area contributed by atoms with Crippen LogP contribution in [0.2, 0.25) is 0 Å². The Morgan fingerprint density at radius 1 is 1.15 bits per heavy atom. The molecule has 0 atom stereocenters. The summed E-state index contributed by atoms with van der Waals surface area (Å²) in [5, 5.41) is 0. The number of rotatable bonds is 5. The molecule has 0 aromatic heterocycles. The number of benzene rings is 1. The van der Waals surface area contributed by atoms with Gasteiger partial charge in [-0.3, -0.25) is 0 Å². The molecule has 1 fully saturated rings. The molecular weight excluding hydrogens is 352 g/mol. The van der Waals surface area contributed by atoms with Crippen LogP contribution in [0.25, 0.3) is 6.08 Å². The quantitative estimate of drug-likeness (QED) is 0.577. The van der Waals surface area contributed by atoms with E-state index in [1.54, 1.807) is 27.7 Å². The molecule has 1 aromatic carbocycles. The van der Waals surface area contributed by atoms with Crippen molar-refractivity contribution < 1.29 is 36.7 Å². The summed E-state index contributed by atoms with van der Waals surface area (Å²) in [4.78, 5) is 11.7. The van der Waals surface area contributed by atoms with Crippen molar-refractivity contribution in [1.82, 2.24) is 0 Å². The number of hydrogen-bond donors (Lipinski definition) is 0. The molecule has 0 spiro atoms. The van der Waals surface area contributed by atoms with Crippen LogP contribution in [-0.4, -0.2) is 38.0 Å². The summed E-state index contributed by atoms with van der Waals surface area (Å²) >= 11 is 0. The lowest BCUT2D eigenvalue weighted by Gasteiger charge is -2.32. The number of carbonyl (C=O) groups is 1. The van der Waals surface area contributed by atoms with Crippen molar-refractivity contribution in [3.8, 4) is 5.75 Å². The molecule has 2 rings (SSSR count). The van der Waals surface area contributed by atoms with Crippen molar-refractivity contribution in [2.24, 2.45) is 0 Å². The fourth-order valence-corrected chi connectivity index (χ4v) is 2.29. The van der Waals surface area contributed by atoms with E-state index in [2.05, 4.69) is 9.47 Å². The van der Waals surface area contributed by atoms with E-state index in [-0.39, 0.29) is 16.9 Å². The zero-order chi connectivity index (χ0) is 19.7. The number of methoxy groups -OCH3 is 1. The first kappa shape index (κ1) is 20.3. The largest absolute Gasteiger partial charge is 0.525 e. The van der Waals surface area contributed by atoms with Crippen LogP contribution in [-0.2, 0) is 14.0 Å². The maximum absolute atomic E-state index is 14.6. The van der Waals surface area contributed by atoms with Crippen LogP contribution >= 0.6 is 0 Å². The van der Waals surface area contributed by atoms with E-state index in [0.717, 1.165) is 19.3 Å². The first-order valence-corrected chi connectivity index (χ1v) is 7.86. The van der Waals surface area contributed by atoms with Gasteiger partial charge in [-0.05, 0) is 57.5 Å². The van der Waals surface area contributed by atoms with Gasteiger partial charge in [0.2, 0.25) is 0 Å².